The number of ether oxygens (including phenoxy) is 1. The molecular formula is C30H29N3O4. The van der Waals surface area contributed by atoms with Gasteiger partial charge >= 0.3 is 0 Å². The number of benzene rings is 3. The molecule has 2 N–H and O–H groups in total. The van der Waals surface area contributed by atoms with Crippen LogP contribution in [0, 0.1) is 11.3 Å². The van der Waals surface area contributed by atoms with Gasteiger partial charge in [-0.2, -0.15) is 0 Å². The molecule has 7 heteroatoms. The SMILES string of the molecule is CN(C)C(=O)C1(Cc2ccc(OCc3cc(-c4ccccc4)nc4ccccc34)cc2)CC1C(=O)NO. The van der Waals surface area contributed by atoms with Crippen LogP contribution in [0.15, 0.2) is 84.9 Å². The minimum Gasteiger partial charge on any atom is -0.489 e. The fourth-order valence-corrected chi connectivity index (χ4v) is 5.03. The molecule has 1 fully saturated rings. The number of nitrogens with one attached hydrogen (secondary N) is 1. The molecule has 0 spiro atoms. The lowest BCUT2D eigenvalue weighted by Crippen LogP contribution is -2.36. The molecule has 2 amide bonds. The zero-order chi connectivity index (χ0) is 26.0. The summed E-state index contributed by atoms with van der Waals surface area (Å²) in [5.41, 5.74) is 5.70. The van der Waals surface area contributed by atoms with E-state index in [-0.39, 0.29) is 5.91 Å². The highest BCUT2D eigenvalue weighted by molar-refractivity contribution is 5.95. The van der Waals surface area contributed by atoms with Gasteiger partial charge in [0, 0.05) is 30.6 Å². The molecule has 0 aliphatic heterocycles. The molecule has 0 radical (unpaired) electrons. The molecule has 1 heterocycles. The second kappa shape index (κ2) is 10.0. The van der Waals surface area contributed by atoms with Crippen LogP contribution in [0.5, 0.6) is 5.75 Å². The standard InChI is InChI=1S/C30H29N3O4/c1-33(2)29(35)30(18-25(30)28(34)32-36)17-20-12-14-23(15-13-20)37-19-22-16-27(21-8-4-3-5-9-21)31-26-11-7-6-10-24(22)26/h3-16,25,36H,17-19H2,1-2H3,(H,32,34). The van der Waals surface area contributed by atoms with Crippen LogP contribution in [0.1, 0.15) is 17.5 Å². The van der Waals surface area contributed by atoms with Gasteiger partial charge in [-0.3, -0.25) is 14.8 Å². The Hall–Kier alpha value is -4.23. The minimum atomic E-state index is -0.831. The molecule has 1 aromatic heterocycles. The number of rotatable bonds is 8. The van der Waals surface area contributed by atoms with E-state index in [2.05, 4.69) is 12.1 Å². The maximum Gasteiger partial charge on any atom is 0.247 e. The maximum atomic E-state index is 12.9. The topological polar surface area (TPSA) is 91.8 Å². The summed E-state index contributed by atoms with van der Waals surface area (Å²) in [5.74, 6) is -0.462. The van der Waals surface area contributed by atoms with E-state index in [0.717, 1.165) is 33.3 Å². The Kier molecular flexibility index (Phi) is 6.63. The van der Waals surface area contributed by atoms with Crippen molar-refractivity contribution >= 4 is 22.7 Å². The van der Waals surface area contributed by atoms with Gasteiger partial charge in [-0.1, -0.05) is 60.7 Å². The third-order valence-corrected chi connectivity index (χ3v) is 7.04. The first-order chi connectivity index (χ1) is 17.9. The molecule has 3 aromatic carbocycles. The Morgan fingerprint density at radius 3 is 2.43 bits per heavy atom. The molecule has 0 saturated heterocycles. The predicted octanol–water partition coefficient (Wildman–Crippen LogP) is 4.62. The summed E-state index contributed by atoms with van der Waals surface area (Å²) < 4.78 is 6.15. The Labute approximate surface area is 215 Å². The maximum absolute atomic E-state index is 12.9. The molecule has 0 bridgehead atoms. The molecule has 7 nitrogen and oxygen atoms in total. The average Bonchev–Trinajstić information content (AvgIpc) is 3.66. The minimum absolute atomic E-state index is 0.111. The number of pyridine rings is 1. The lowest BCUT2D eigenvalue weighted by Gasteiger charge is -2.21. The van der Waals surface area contributed by atoms with Crippen molar-refractivity contribution in [2.45, 2.75) is 19.4 Å². The van der Waals surface area contributed by atoms with Gasteiger partial charge in [0.1, 0.15) is 12.4 Å². The predicted molar refractivity (Wildman–Crippen MR) is 141 cm³/mol. The summed E-state index contributed by atoms with van der Waals surface area (Å²) in [6, 6.07) is 27.8. The van der Waals surface area contributed by atoms with Gasteiger partial charge in [0.25, 0.3) is 0 Å². The Morgan fingerprint density at radius 2 is 1.73 bits per heavy atom. The van der Waals surface area contributed by atoms with Crippen LogP contribution < -0.4 is 10.2 Å². The van der Waals surface area contributed by atoms with Crippen LogP contribution in [-0.4, -0.2) is 41.0 Å². The molecule has 4 aromatic rings. The number of carbonyl (C=O) groups is 2. The monoisotopic (exact) mass is 495 g/mol. The third kappa shape index (κ3) is 4.90. The van der Waals surface area contributed by atoms with Crippen LogP contribution >= 0.6 is 0 Å². The van der Waals surface area contributed by atoms with E-state index in [1.807, 2.05) is 72.8 Å². The van der Waals surface area contributed by atoms with Crippen molar-refractivity contribution in [3.8, 4) is 17.0 Å². The van der Waals surface area contributed by atoms with Crippen molar-refractivity contribution in [2.75, 3.05) is 14.1 Å². The van der Waals surface area contributed by atoms with Gasteiger partial charge in [-0.25, -0.2) is 10.5 Å². The molecule has 1 aliphatic rings. The summed E-state index contributed by atoms with van der Waals surface area (Å²) in [6.45, 7) is 0.379. The van der Waals surface area contributed by atoms with Crippen molar-refractivity contribution in [3.05, 3.63) is 96.1 Å². The molecule has 2 unspecified atom stereocenters. The van der Waals surface area contributed by atoms with E-state index in [1.54, 1.807) is 19.6 Å². The van der Waals surface area contributed by atoms with E-state index in [9.17, 15) is 9.59 Å². The lowest BCUT2D eigenvalue weighted by molar-refractivity contribution is -0.139. The number of hydroxylamine groups is 1. The van der Waals surface area contributed by atoms with Gasteiger partial charge in [0.15, 0.2) is 0 Å². The number of amides is 2. The summed E-state index contributed by atoms with van der Waals surface area (Å²) >= 11 is 0. The van der Waals surface area contributed by atoms with E-state index < -0.39 is 17.2 Å². The fraction of sp³-hybridized carbons (Fsp3) is 0.233. The zero-order valence-corrected chi connectivity index (χ0v) is 20.8. The molecule has 37 heavy (non-hydrogen) atoms. The van der Waals surface area contributed by atoms with Crippen LogP contribution in [0.3, 0.4) is 0 Å². The summed E-state index contributed by atoms with van der Waals surface area (Å²) in [7, 11) is 3.36. The second-order valence-corrected chi connectivity index (χ2v) is 9.75. The van der Waals surface area contributed by atoms with Gasteiger partial charge in [0.2, 0.25) is 11.8 Å². The van der Waals surface area contributed by atoms with Gasteiger partial charge < -0.3 is 9.64 Å². The lowest BCUT2D eigenvalue weighted by atomic mass is 9.92. The molecule has 1 aliphatic carbocycles. The number of hydrogen-bond acceptors (Lipinski definition) is 5. The molecular weight excluding hydrogens is 466 g/mol. The second-order valence-electron chi connectivity index (χ2n) is 9.75. The van der Waals surface area contributed by atoms with Crippen molar-refractivity contribution < 1.29 is 19.5 Å². The van der Waals surface area contributed by atoms with Crippen molar-refractivity contribution in [3.63, 3.8) is 0 Å². The first-order valence-electron chi connectivity index (χ1n) is 12.2. The summed E-state index contributed by atoms with van der Waals surface area (Å²) in [4.78, 5) is 31.2. The molecule has 1 saturated carbocycles. The van der Waals surface area contributed by atoms with Crippen molar-refractivity contribution in [1.82, 2.24) is 15.4 Å². The van der Waals surface area contributed by atoms with E-state index >= 15 is 0 Å². The van der Waals surface area contributed by atoms with Gasteiger partial charge in [-0.15, -0.1) is 0 Å². The zero-order valence-electron chi connectivity index (χ0n) is 20.8. The van der Waals surface area contributed by atoms with Gasteiger partial charge in [-0.05, 0) is 42.7 Å². The van der Waals surface area contributed by atoms with Crippen molar-refractivity contribution in [1.29, 1.82) is 0 Å². The third-order valence-electron chi connectivity index (χ3n) is 7.04. The number of hydrogen-bond donors (Lipinski definition) is 2. The van der Waals surface area contributed by atoms with E-state index in [4.69, 9.17) is 14.9 Å². The first-order valence-corrected chi connectivity index (χ1v) is 12.2. The van der Waals surface area contributed by atoms with Crippen LogP contribution in [0.2, 0.25) is 0 Å². The highest BCUT2D eigenvalue weighted by atomic mass is 16.5. The molecule has 5 rings (SSSR count). The number of aromatic nitrogens is 1. The molecule has 2 atom stereocenters. The average molecular weight is 496 g/mol. The largest absolute Gasteiger partial charge is 0.489 e. The highest BCUT2D eigenvalue weighted by Crippen LogP contribution is 2.56. The first kappa shape index (κ1) is 24.5. The smallest absolute Gasteiger partial charge is 0.247 e. The summed E-state index contributed by atoms with van der Waals surface area (Å²) in [6.07, 6.45) is 0.825. The van der Waals surface area contributed by atoms with Crippen LogP contribution in [-0.2, 0) is 22.6 Å². The Bertz CT molecular complexity index is 1440. The number of carbonyl (C=O) groups excluding carboxylic acids is 2. The van der Waals surface area contributed by atoms with E-state index in [0.29, 0.717) is 25.2 Å². The Morgan fingerprint density at radius 1 is 1.03 bits per heavy atom. The van der Waals surface area contributed by atoms with Crippen molar-refractivity contribution in [2.24, 2.45) is 11.3 Å². The quantitative estimate of drug-likeness (QED) is 0.275. The summed E-state index contributed by atoms with van der Waals surface area (Å²) in [5, 5.41) is 10.1. The number of nitrogens with zero attached hydrogens (tertiary/aromatic N) is 2. The highest BCUT2D eigenvalue weighted by Gasteiger charge is 2.63. The van der Waals surface area contributed by atoms with Crippen LogP contribution in [0.4, 0.5) is 0 Å². The van der Waals surface area contributed by atoms with Crippen LogP contribution in [0.25, 0.3) is 22.2 Å². The number of fused-ring (bicyclic) bond motifs is 1. The van der Waals surface area contributed by atoms with Gasteiger partial charge in [0.05, 0.1) is 22.5 Å². The molecule has 188 valence electrons. The normalized spacial score (nSPS) is 18.3. The fourth-order valence-electron chi connectivity index (χ4n) is 5.03. The van der Waals surface area contributed by atoms with E-state index in [1.165, 1.54) is 4.90 Å². The number of para-hydroxylation sites is 1. The Balaban J connectivity index is 1.33.